The number of hydrogen-bond donors (Lipinski definition) is 2. The minimum Gasteiger partial charge on any atom is -0.326 e. The fourth-order valence-corrected chi connectivity index (χ4v) is 2.60. The first kappa shape index (κ1) is 14.9. The van der Waals surface area contributed by atoms with E-state index >= 15 is 0 Å². The van der Waals surface area contributed by atoms with Gasteiger partial charge in [0.15, 0.2) is 0 Å². The Labute approximate surface area is 137 Å². The SMILES string of the molecule is O=C1CCc2cc(C(=O)Nc3ccc(Cl)c(Cl)c3)ccc2N1. The van der Waals surface area contributed by atoms with E-state index in [0.717, 1.165) is 11.3 Å². The third kappa shape index (κ3) is 3.08. The van der Waals surface area contributed by atoms with Crippen molar-refractivity contribution in [2.75, 3.05) is 10.6 Å². The van der Waals surface area contributed by atoms with Gasteiger partial charge in [0, 0.05) is 23.4 Å². The molecule has 0 spiro atoms. The summed E-state index contributed by atoms with van der Waals surface area (Å²) >= 11 is 11.8. The Morgan fingerprint density at radius 2 is 1.86 bits per heavy atom. The van der Waals surface area contributed by atoms with Gasteiger partial charge in [-0.1, -0.05) is 23.2 Å². The first-order valence-electron chi connectivity index (χ1n) is 6.72. The van der Waals surface area contributed by atoms with E-state index in [-0.39, 0.29) is 11.8 Å². The van der Waals surface area contributed by atoms with Crippen LogP contribution >= 0.6 is 23.2 Å². The molecule has 0 unspecified atom stereocenters. The number of hydrogen-bond acceptors (Lipinski definition) is 2. The summed E-state index contributed by atoms with van der Waals surface area (Å²) in [5.74, 6) is -0.237. The molecule has 112 valence electrons. The van der Waals surface area contributed by atoms with E-state index in [0.29, 0.717) is 34.1 Å². The second-order valence-electron chi connectivity index (χ2n) is 5.00. The van der Waals surface area contributed by atoms with Gasteiger partial charge in [-0.2, -0.15) is 0 Å². The molecule has 0 aliphatic carbocycles. The van der Waals surface area contributed by atoms with Gasteiger partial charge in [0.25, 0.3) is 5.91 Å². The van der Waals surface area contributed by atoms with Crippen LogP contribution in [0, 0.1) is 0 Å². The van der Waals surface area contributed by atoms with E-state index in [1.165, 1.54) is 0 Å². The Hall–Kier alpha value is -2.04. The number of carbonyl (C=O) groups is 2. The lowest BCUT2D eigenvalue weighted by molar-refractivity contribution is -0.116. The molecule has 1 aliphatic heterocycles. The summed E-state index contributed by atoms with van der Waals surface area (Å²) in [6.07, 6.45) is 1.07. The standard InChI is InChI=1S/C16H12Cl2N2O2/c17-12-4-3-11(8-13(12)18)19-16(22)10-1-5-14-9(7-10)2-6-15(21)20-14/h1,3-5,7-8H,2,6H2,(H,19,22)(H,20,21). The summed E-state index contributed by atoms with van der Waals surface area (Å²) < 4.78 is 0. The lowest BCUT2D eigenvalue weighted by atomic mass is 10.00. The van der Waals surface area contributed by atoms with E-state index in [9.17, 15) is 9.59 Å². The highest BCUT2D eigenvalue weighted by Crippen LogP contribution is 2.26. The number of halogens is 2. The number of nitrogens with one attached hydrogen (secondary N) is 2. The fraction of sp³-hybridized carbons (Fsp3) is 0.125. The van der Waals surface area contributed by atoms with Gasteiger partial charge in [-0.3, -0.25) is 9.59 Å². The number of rotatable bonds is 2. The van der Waals surface area contributed by atoms with Crippen molar-refractivity contribution in [2.24, 2.45) is 0 Å². The normalized spacial score (nSPS) is 13.3. The molecule has 0 aromatic heterocycles. The Kier molecular flexibility index (Phi) is 4.05. The molecule has 3 rings (SSSR count). The summed E-state index contributed by atoms with van der Waals surface area (Å²) in [5.41, 5.74) is 2.83. The highest BCUT2D eigenvalue weighted by Gasteiger charge is 2.16. The fourth-order valence-electron chi connectivity index (χ4n) is 2.30. The van der Waals surface area contributed by atoms with Gasteiger partial charge in [0.1, 0.15) is 0 Å². The van der Waals surface area contributed by atoms with E-state index in [2.05, 4.69) is 10.6 Å². The average molecular weight is 335 g/mol. The zero-order valence-electron chi connectivity index (χ0n) is 11.5. The Morgan fingerprint density at radius 3 is 2.64 bits per heavy atom. The zero-order valence-corrected chi connectivity index (χ0v) is 13.0. The molecular formula is C16H12Cl2N2O2. The van der Waals surface area contributed by atoms with Crippen LogP contribution in [0.15, 0.2) is 36.4 Å². The van der Waals surface area contributed by atoms with Crippen LogP contribution < -0.4 is 10.6 Å². The summed E-state index contributed by atoms with van der Waals surface area (Å²) in [4.78, 5) is 23.6. The van der Waals surface area contributed by atoms with Crippen molar-refractivity contribution in [2.45, 2.75) is 12.8 Å². The van der Waals surface area contributed by atoms with Gasteiger partial charge in [-0.05, 0) is 48.4 Å². The van der Waals surface area contributed by atoms with Crippen LogP contribution in [0.4, 0.5) is 11.4 Å². The van der Waals surface area contributed by atoms with Crippen molar-refractivity contribution in [3.05, 3.63) is 57.6 Å². The van der Waals surface area contributed by atoms with Gasteiger partial charge in [-0.25, -0.2) is 0 Å². The van der Waals surface area contributed by atoms with Crippen molar-refractivity contribution >= 4 is 46.4 Å². The van der Waals surface area contributed by atoms with Crippen molar-refractivity contribution in [3.63, 3.8) is 0 Å². The third-order valence-corrected chi connectivity index (χ3v) is 4.18. The topological polar surface area (TPSA) is 58.2 Å². The van der Waals surface area contributed by atoms with Gasteiger partial charge >= 0.3 is 0 Å². The summed E-state index contributed by atoms with van der Waals surface area (Å²) in [6.45, 7) is 0. The quantitative estimate of drug-likeness (QED) is 0.867. The molecule has 1 aliphatic rings. The third-order valence-electron chi connectivity index (χ3n) is 3.44. The predicted octanol–water partition coefficient (Wildman–Crippen LogP) is 4.13. The first-order chi connectivity index (χ1) is 10.5. The molecule has 1 heterocycles. The van der Waals surface area contributed by atoms with Crippen LogP contribution in [0.25, 0.3) is 0 Å². The zero-order chi connectivity index (χ0) is 15.7. The van der Waals surface area contributed by atoms with Crippen molar-refractivity contribution < 1.29 is 9.59 Å². The number of anilines is 2. The largest absolute Gasteiger partial charge is 0.326 e. The Balaban J connectivity index is 1.80. The molecule has 6 heteroatoms. The minimum atomic E-state index is -0.238. The highest BCUT2D eigenvalue weighted by molar-refractivity contribution is 6.42. The van der Waals surface area contributed by atoms with Gasteiger partial charge < -0.3 is 10.6 Å². The maximum absolute atomic E-state index is 12.3. The molecule has 0 fully saturated rings. The smallest absolute Gasteiger partial charge is 0.255 e. The van der Waals surface area contributed by atoms with E-state index < -0.39 is 0 Å². The Bertz CT molecular complexity index is 775. The monoisotopic (exact) mass is 334 g/mol. The van der Waals surface area contributed by atoms with E-state index in [4.69, 9.17) is 23.2 Å². The van der Waals surface area contributed by atoms with Crippen LogP contribution in [0.3, 0.4) is 0 Å². The van der Waals surface area contributed by atoms with Crippen LogP contribution in [0.5, 0.6) is 0 Å². The second kappa shape index (κ2) is 5.99. The number of benzene rings is 2. The number of aryl methyl sites for hydroxylation is 1. The maximum atomic E-state index is 12.3. The van der Waals surface area contributed by atoms with Gasteiger partial charge in [0.05, 0.1) is 10.0 Å². The predicted molar refractivity (Wildman–Crippen MR) is 87.8 cm³/mol. The lowest BCUT2D eigenvalue weighted by Crippen LogP contribution is -2.20. The molecular weight excluding hydrogens is 323 g/mol. The molecule has 2 aromatic rings. The van der Waals surface area contributed by atoms with Crippen LogP contribution in [0.1, 0.15) is 22.3 Å². The van der Waals surface area contributed by atoms with Gasteiger partial charge in [-0.15, -0.1) is 0 Å². The summed E-state index contributed by atoms with van der Waals surface area (Å²) in [6, 6.07) is 10.1. The van der Waals surface area contributed by atoms with Crippen molar-refractivity contribution in [3.8, 4) is 0 Å². The van der Waals surface area contributed by atoms with E-state index in [1.54, 1.807) is 36.4 Å². The second-order valence-corrected chi connectivity index (χ2v) is 5.82. The average Bonchev–Trinajstić information content (AvgIpc) is 2.50. The lowest BCUT2D eigenvalue weighted by Gasteiger charge is -2.17. The molecule has 0 atom stereocenters. The van der Waals surface area contributed by atoms with Crippen LogP contribution in [-0.2, 0) is 11.2 Å². The molecule has 2 amide bonds. The van der Waals surface area contributed by atoms with Crippen molar-refractivity contribution in [1.82, 2.24) is 0 Å². The molecule has 0 radical (unpaired) electrons. The number of amides is 2. The molecule has 22 heavy (non-hydrogen) atoms. The number of fused-ring (bicyclic) bond motifs is 1. The van der Waals surface area contributed by atoms with Gasteiger partial charge in [0.2, 0.25) is 5.91 Å². The molecule has 0 bridgehead atoms. The molecule has 4 nitrogen and oxygen atoms in total. The highest BCUT2D eigenvalue weighted by atomic mass is 35.5. The summed E-state index contributed by atoms with van der Waals surface area (Å²) in [7, 11) is 0. The molecule has 0 saturated heterocycles. The number of carbonyl (C=O) groups excluding carboxylic acids is 2. The first-order valence-corrected chi connectivity index (χ1v) is 7.48. The maximum Gasteiger partial charge on any atom is 0.255 e. The van der Waals surface area contributed by atoms with E-state index in [1.807, 2.05) is 0 Å². The van der Waals surface area contributed by atoms with Crippen LogP contribution in [0.2, 0.25) is 10.0 Å². The molecule has 2 N–H and O–H groups in total. The van der Waals surface area contributed by atoms with Crippen molar-refractivity contribution in [1.29, 1.82) is 0 Å². The van der Waals surface area contributed by atoms with Crippen LogP contribution in [-0.4, -0.2) is 11.8 Å². The summed E-state index contributed by atoms with van der Waals surface area (Å²) in [5, 5.41) is 6.38. The molecule has 0 saturated carbocycles. The molecule has 2 aromatic carbocycles. The minimum absolute atomic E-state index is 0.000470. The Morgan fingerprint density at radius 1 is 1.05 bits per heavy atom.